The number of carbonyl (C=O) groups is 1. The van der Waals surface area contributed by atoms with Crippen molar-refractivity contribution < 1.29 is 9.18 Å². The van der Waals surface area contributed by atoms with Gasteiger partial charge in [0.2, 0.25) is 5.91 Å². The molecule has 2 unspecified atom stereocenters. The van der Waals surface area contributed by atoms with Gasteiger partial charge in [0.1, 0.15) is 5.82 Å². The second-order valence-electron chi connectivity index (χ2n) is 6.37. The molecule has 1 aromatic carbocycles. The van der Waals surface area contributed by atoms with Crippen molar-refractivity contribution in [2.24, 2.45) is 11.8 Å². The van der Waals surface area contributed by atoms with E-state index in [9.17, 15) is 9.18 Å². The van der Waals surface area contributed by atoms with E-state index in [-0.39, 0.29) is 17.6 Å². The lowest BCUT2D eigenvalue weighted by Gasteiger charge is -2.23. The van der Waals surface area contributed by atoms with Gasteiger partial charge >= 0.3 is 0 Å². The monoisotopic (exact) mass is 305 g/mol. The van der Waals surface area contributed by atoms with Gasteiger partial charge in [0.25, 0.3) is 0 Å². The maximum absolute atomic E-state index is 13.0. The third kappa shape index (κ3) is 3.77. The fourth-order valence-corrected chi connectivity index (χ4v) is 3.35. The van der Waals surface area contributed by atoms with Gasteiger partial charge in [0.05, 0.1) is 5.92 Å². The van der Waals surface area contributed by atoms with Crippen molar-refractivity contribution in [3.8, 4) is 0 Å². The van der Waals surface area contributed by atoms with Crippen LogP contribution in [0.2, 0.25) is 0 Å². The van der Waals surface area contributed by atoms with Gasteiger partial charge in [-0.05, 0) is 56.0 Å². The van der Waals surface area contributed by atoms with Crippen LogP contribution in [-0.4, -0.2) is 38.6 Å². The van der Waals surface area contributed by atoms with E-state index in [1.165, 1.54) is 12.1 Å². The highest BCUT2D eigenvalue weighted by molar-refractivity contribution is 5.79. The first-order chi connectivity index (χ1) is 10.7. The summed E-state index contributed by atoms with van der Waals surface area (Å²) in [7, 11) is 0. The number of nitrogens with zero attached hydrogens (tertiary/aromatic N) is 1. The molecule has 2 heterocycles. The Hall–Kier alpha value is -1.62. The van der Waals surface area contributed by atoms with E-state index in [1.807, 2.05) is 12.1 Å². The van der Waals surface area contributed by atoms with Gasteiger partial charge < -0.3 is 15.5 Å². The fraction of sp³-hybridized carbons (Fsp3) is 0.588. The Kier molecular flexibility index (Phi) is 4.93. The average molecular weight is 305 g/mol. The van der Waals surface area contributed by atoms with Crippen molar-refractivity contribution in [3.63, 3.8) is 0 Å². The minimum Gasteiger partial charge on any atom is -0.371 e. The predicted octanol–water partition coefficient (Wildman–Crippen LogP) is 1.77. The van der Waals surface area contributed by atoms with Gasteiger partial charge in [-0.2, -0.15) is 0 Å². The van der Waals surface area contributed by atoms with Gasteiger partial charge in [-0.3, -0.25) is 4.79 Å². The molecule has 120 valence electrons. The minimum atomic E-state index is -0.201. The first-order valence-electron chi connectivity index (χ1n) is 8.21. The Morgan fingerprint density at radius 2 is 2.14 bits per heavy atom. The minimum absolute atomic E-state index is 0.128. The van der Waals surface area contributed by atoms with Crippen molar-refractivity contribution in [3.05, 3.63) is 30.1 Å². The molecular formula is C17H24FN3O. The summed E-state index contributed by atoms with van der Waals surface area (Å²) >= 11 is 0. The number of hydrogen-bond acceptors (Lipinski definition) is 3. The molecule has 2 aliphatic heterocycles. The zero-order valence-corrected chi connectivity index (χ0v) is 12.9. The Morgan fingerprint density at radius 3 is 2.86 bits per heavy atom. The number of hydrogen-bond donors (Lipinski definition) is 2. The van der Waals surface area contributed by atoms with Crippen LogP contribution < -0.4 is 15.5 Å². The van der Waals surface area contributed by atoms with Gasteiger partial charge in [-0.15, -0.1) is 0 Å². The highest BCUT2D eigenvalue weighted by Gasteiger charge is 2.25. The summed E-state index contributed by atoms with van der Waals surface area (Å²) in [5.74, 6) is 0.592. The second kappa shape index (κ2) is 7.09. The summed E-state index contributed by atoms with van der Waals surface area (Å²) in [6.45, 7) is 4.47. The Bertz CT molecular complexity index is 499. The van der Waals surface area contributed by atoms with Crippen LogP contribution in [0, 0.1) is 17.7 Å². The molecule has 0 spiro atoms. The third-order valence-corrected chi connectivity index (χ3v) is 4.71. The molecule has 1 amide bonds. The molecule has 0 aromatic heterocycles. The lowest BCUT2D eigenvalue weighted by atomic mass is 9.98. The number of rotatable bonds is 4. The molecule has 5 heteroatoms. The largest absolute Gasteiger partial charge is 0.371 e. The molecule has 2 saturated heterocycles. The SMILES string of the molecule is O=C(NCC1CCN(c2ccc(F)cc2)C1)C1CCCNC1. The summed E-state index contributed by atoms with van der Waals surface area (Å²) in [5, 5.41) is 6.39. The summed E-state index contributed by atoms with van der Waals surface area (Å²) in [6.07, 6.45) is 3.14. The standard InChI is InChI=1S/C17H24FN3O/c18-15-3-5-16(6-4-15)21-9-7-13(12-21)10-20-17(22)14-2-1-8-19-11-14/h3-6,13-14,19H,1-2,7-12H2,(H,20,22). The molecule has 4 nitrogen and oxygen atoms in total. The van der Waals surface area contributed by atoms with E-state index in [0.717, 1.165) is 57.7 Å². The van der Waals surface area contributed by atoms with E-state index in [4.69, 9.17) is 0 Å². The van der Waals surface area contributed by atoms with E-state index < -0.39 is 0 Å². The molecule has 2 atom stereocenters. The first kappa shape index (κ1) is 15.3. The normalized spacial score (nSPS) is 25.2. The topological polar surface area (TPSA) is 44.4 Å². The van der Waals surface area contributed by atoms with Crippen molar-refractivity contribution in [2.75, 3.05) is 37.6 Å². The Morgan fingerprint density at radius 1 is 1.32 bits per heavy atom. The van der Waals surface area contributed by atoms with E-state index in [0.29, 0.717) is 5.92 Å². The molecule has 1 aromatic rings. The summed E-state index contributed by atoms with van der Waals surface area (Å²) in [6, 6.07) is 6.65. The summed E-state index contributed by atoms with van der Waals surface area (Å²) < 4.78 is 13.0. The molecule has 0 aliphatic carbocycles. The van der Waals surface area contributed by atoms with Crippen molar-refractivity contribution >= 4 is 11.6 Å². The summed E-state index contributed by atoms with van der Waals surface area (Å²) in [4.78, 5) is 14.4. The predicted molar refractivity (Wildman–Crippen MR) is 85.3 cm³/mol. The number of carbonyl (C=O) groups excluding carboxylic acids is 1. The first-order valence-corrected chi connectivity index (χ1v) is 8.21. The zero-order valence-electron chi connectivity index (χ0n) is 12.9. The van der Waals surface area contributed by atoms with Crippen LogP contribution in [0.1, 0.15) is 19.3 Å². The number of anilines is 1. The van der Waals surface area contributed by atoms with Crippen molar-refractivity contribution in [1.82, 2.24) is 10.6 Å². The Labute approximate surface area is 131 Å². The lowest BCUT2D eigenvalue weighted by molar-refractivity contribution is -0.125. The maximum Gasteiger partial charge on any atom is 0.224 e. The lowest BCUT2D eigenvalue weighted by Crippen LogP contribution is -2.42. The Balaban J connectivity index is 1.44. The van der Waals surface area contributed by atoms with Crippen LogP contribution >= 0.6 is 0 Å². The maximum atomic E-state index is 13.0. The second-order valence-corrected chi connectivity index (χ2v) is 6.37. The molecule has 0 radical (unpaired) electrons. The van der Waals surface area contributed by atoms with Crippen LogP contribution in [-0.2, 0) is 4.79 Å². The van der Waals surface area contributed by atoms with E-state index >= 15 is 0 Å². The molecule has 0 bridgehead atoms. The molecule has 2 N–H and O–H groups in total. The van der Waals surface area contributed by atoms with Crippen molar-refractivity contribution in [1.29, 1.82) is 0 Å². The molecule has 22 heavy (non-hydrogen) atoms. The third-order valence-electron chi connectivity index (χ3n) is 4.71. The van der Waals surface area contributed by atoms with Gasteiger partial charge in [0.15, 0.2) is 0 Å². The molecular weight excluding hydrogens is 281 g/mol. The number of amides is 1. The van der Waals surface area contributed by atoms with Crippen LogP contribution in [0.5, 0.6) is 0 Å². The molecule has 0 saturated carbocycles. The number of piperidine rings is 1. The van der Waals surface area contributed by atoms with Crippen LogP contribution in [0.3, 0.4) is 0 Å². The van der Waals surface area contributed by atoms with Gasteiger partial charge in [-0.25, -0.2) is 4.39 Å². The zero-order chi connectivity index (χ0) is 15.4. The summed E-state index contributed by atoms with van der Waals surface area (Å²) in [5.41, 5.74) is 1.06. The van der Waals surface area contributed by atoms with Crippen molar-refractivity contribution in [2.45, 2.75) is 19.3 Å². The number of benzene rings is 1. The van der Waals surface area contributed by atoms with Crippen LogP contribution in [0.15, 0.2) is 24.3 Å². The average Bonchev–Trinajstić information content (AvgIpc) is 3.03. The quantitative estimate of drug-likeness (QED) is 0.891. The molecule has 2 aliphatic rings. The van der Waals surface area contributed by atoms with Gasteiger partial charge in [-0.1, -0.05) is 0 Å². The van der Waals surface area contributed by atoms with Gasteiger partial charge in [0, 0.05) is 31.9 Å². The molecule has 2 fully saturated rings. The number of nitrogens with one attached hydrogen (secondary N) is 2. The highest BCUT2D eigenvalue weighted by Crippen LogP contribution is 2.23. The fourth-order valence-electron chi connectivity index (χ4n) is 3.35. The smallest absolute Gasteiger partial charge is 0.224 e. The van der Waals surface area contributed by atoms with E-state index in [2.05, 4.69) is 15.5 Å². The van der Waals surface area contributed by atoms with E-state index in [1.54, 1.807) is 0 Å². The molecule has 3 rings (SSSR count). The highest BCUT2D eigenvalue weighted by atomic mass is 19.1. The van der Waals surface area contributed by atoms with Crippen LogP contribution in [0.4, 0.5) is 10.1 Å². The van der Waals surface area contributed by atoms with Crippen LogP contribution in [0.25, 0.3) is 0 Å². The number of halogens is 1.